The number of aliphatic carboxylic acids is 1. The molecule has 294 valence electrons. The van der Waals surface area contributed by atoms with Gasteiger partial charge >= 0.3 is 11.9 Å². The van der Waals surface area contributed by atoms with Crippen LogP contribution in [-0.4, -0.2) is 78.2 Å². The molecule has 8 nitrogen and oxygen atoms in total. The Bertz CT molecular complexity index is 1480. The van der Waals surface area contributed by atoms with E-state index in [1.165, 1.54) is 5.57 Å². The molecule has 10 heteroatoms. The van der Waals surface area contributed by atoms with Gasteiger partial charge in [-0.15, -0.1) is 12.4 Å². The number of nitrogens with zero attached hydrogens (tertiary/aromatic N) is 1. The van der Waals surface area contributed by atoms with Gasteiger partial charge in [-0.05, 0) is 141 Å². The zero-order chi connectivity index (χ0) is 37.8. The molecule has 0 heterocycles. The first-order valence-corrected chi connectivity index (χ1v) is 19.5. The smallest absolute Gasteiger partial charge is 0.344 e. The summed E-state index contributed by atoms with van der Waals surface area (Å²) in [5.74, 6) is 0.312. The summed E-state index contributed by atoms with van der Waals surface area (Å²) in [6, 6.07) is 6.81. The van der Waals surface area contributed by atoms with E-state index in [9.17, 15) is 24.9 Å². The van der Waals surface area contributed by atoms with E-state index in [1.54, 1.807) is 24.3 Å². The molecule has 1 aromatic rings. The maximum Gasteiger partial charge on any atom is 0.344 e. The minimum Gasteiger partial charge on any atom is -0.482 e. The van der Waals surface area contributed by atoms with Crippen LogP contribution in [0, 0.1) is 50.2 Å². The Hall–Kier alpha value is -1.84. The summed E-state index contributed by atoms with van der Waals surface area (Å²) < 4.78 is 10.2. The van der Waals surface area contributed by atoms with E-state index in [4.69, 9.17) is 21.1 Å². The number of aliphatic hydroxyl groups excluding tert-OH is 2. The van der Waals surface area contributed by atoms with Gasteiger partial charge in [0.25, 0.3) is 0 Å². The lowest BCUT2D eigenvalue weighted by molar-refractivity contribution is -0.218. The van der Waals surface area contributed by atoms with Crippen LogP contribution in [0.25, 0.3) is 0 Å². The van der Waals surface area contributed by atoms with Crippen molar-refractivity contribution in [3.8, 4) is 5.75 Å². The third-order valence-electron chi connectivity index (χ3n) is 15.0. The molecule has 0 saturated heterocycles. The summed E-state index contributed by atoms with van der Waals surface area (Å²) in [4.78, 5) is 26.0. The normalized spacial score (nSPS) is 38.3. The van der Waals surface area contributed by atoms with Crippen LogP contribution in [0.5, 0.6) is 5.75 Å². The molecule has 0 spiro atoms. The van der Waals surface area contributed by atoms with E-state index >= 15 is 0 Å². The Balaban J connectivity index is 0.000000286. The standard InChI is InChI=1S/C30H48O4.C12H16ClNO3.ClH/c1-25(2)14-15-30(24(33)34)19(16-25)18-8-9-21-27(5)12-11-22(31)26(3,4)20(27)10-13-28(21,6)29(18,7)17-23(30)32;1-14(2)7-8-16-12(15)9-17-11-5-3-10(13)4-6-11;/h8,19-23,31-32H,9-17H2,1-7H3,(H,33,34);3-6H,7-9H2,1-2H3;1H. The van der Waals surface area contributed by atoms with Crippen molar-refractivity contribution < 1.29 is 34.4 Å². The number of benzene rings is 1. The summed E-state index contributed by atoms with van der Waals surface area (Å²) in [5.41, 5.74) is 0.295. The van der Waals surface area contributed by atoms with Crippen molar-refractivity contribution in [1.29, 1.82) is 0 Å². The minimum absolute atomic E-state index is 0. The molecule has 0 aliphatic heterocycles. The first-order valence-electron chi connectivity index (χ1n) is 19.1. The molecule has 1 aromatic carbocycles. The summed E-state index contributed by atoms with van der Waals surface area (Å²) in [7, 11) is 3.83. The average Bonchev–Trinajstić information content (AvgIpc) is 3.03. The Kier molecular flexibility index (Phi) is 12.7. The van der Waals surface area contributed by atoms with Crippen molar-refractivity contribution in [3.05, 3.63) is 40.9 Å². The molecule has 0 aromatic heterocycles. The van der Waals surface area contributed by atoms with E-state index in [0.717, 1.165) is 44.9 Å². The van der Waals surface area contributed by atoms with Gasteiger partial charge in [-0.1, -0.05) is 71.7 Å². The third kappa shape index (κ3) is 7.42. The van der Waals surface area contributed by atoms with Crippen LogP contribution in [0.15, 0.2) is 35.9 Å². The summed E-state index contributed by atoms with van der Waals surface area (Å²) >= 11 is 5.72. The van der Waals surface area contributed by atoms with Crippen LogP contribution in [0.3, 0.4) is 0 Å². The maximum atomic E-state index is 12.8. The van der Waals surface area contributed by atoms with E-state index in [2.05, 4.69) is 54.5 Å². The SMILES string of the molecule is CC1(C)CCC2(C(=O)O)C(O)CC3(C)C(=CCC4C5(C)CCC(O)C(C)(C)C5CCC43C)C2C1.CN(C)CCOC(=O)COc1ccc(Cl)cc1.Cl. The second kappa shape index (κ2) is 15.4. The molecule has 6 rings (SSSR count). The van der Waals surface area contributed by atoms with Crippen molar-refractivity contribution in [2.24, 2.45) is 50.2 Å². The number of halogens is 2. The number of hydrogen-bond donors (Lipinski definition) is 3. The van der Waals surface area contributed by atoms with Crippen molar-refractivity contribution in [3.63, 3.8) is 0 Å². The lowest BCUT2D eigenvalue weighted by Gasteiger charge is -2.71. The van der Waals surface area contributed by atoms with Gasteiger partial charge in [0, 0.05) is 11.6 Å². The molecule has 52 heavy (non-hydrogen) atoms. The molecule has 9 unspecified atom stereocenters. The molecule has 5 aliphatic carbocycles. The zero-order valence-corrected chi connectivity index (χ0v) is 34.5. The Morgan fingerprint density at radius 1 is 0.885 bits per heavy atom. The van der Waals surface area contributed by atoms with E-state index in [-0.39, 0.29) is 64.1 Å². The van der Waals surface area contributed by atoms with Gasteiger partial charge in [0.2, 0.25) is 0 Å². The summed E-state index contributed by atoms with van der Waals surface area (Å²) in [6.45, 7) is 17.4. The number of ether oxygens (including phenoxy) is 2. The molecule has 9 atom stereocenters. The van der Waals surface area contributed by atoms with Crippen LogP contribution in [-0.2, 0) is 14.3 Å². The van der Waals surface area contributed by atoms with Gasteiger partial charge in [-0.25, -0.2) is 4.79 Å². The molecule has 5 aliphatic rings. The van der Waals surface area contributed by atoms with Crippen molar-refractivity contribution in [2.75, 3.05) is 33.9 Å². The van der Waals surface area contributed by atoms with Crippen molar-refractivity contribution >= 4 is 35.9 Å². The molecular weight excluding hydrogens is 701 g/mol. The first-order chi connectivity index (χ1) is 23.6. The predicted molar refractivity (Wildman–Crippen MR) is 208 cm³/mol. The number of carbonyl (C=O) groups excluding carboxylic acids is 1. The Labute approximate surface area is 323 Å². The number of rotatable bonds is 7. The van der Waals surface area contributed by atoms with Crippen LogP contribution in [0.1, 0.15) is 106 Å². The molecule has 0 bridgehead atoms. The number of aliphatic hydroxyl groups is 2. The van der Waals surface area contributed by atoms with Gasteiger partial charge in [-0.2, -0.15) is 0 Å². The number of carboxylic acid groups (broad SMARTS) is 1. The fourth-order valence-electron chi connectivity index (χ4n) is 11.8. The lowest BCUT2D eigenvalue weighted by Crippen LogP contribution is -2.67. The van der Waals surface area contributed by atoms with Gasteiger partial charge in [-0.3, -0.25) is 4.79 Å². The highest BCUT2D eigenvalue weighted by molar-refractivity contribution is 6.30. The van der Waals surface area contributed by atoms with E-state index in [0.29, 0.717) is 48.6 Å². The number of carbonyl (C=O) groups is 2. The van der Waals surface area contributed by atoms with Crippen LogP contribution in [0.2, 0.25) is 5.02 Å². The second-order valence-electron chi connectivity index (χ2n) is 18.9. The number of fused-ring (bicyclic) bond motifs is 7. The number of likely N-dealkylation sites (N-methyl/N-ethyl adjacent to an activating group) is 1. The lowest BCUT2D eigenvalue weighted by atomic mass is 9.33. The Morgan fingerprint density at radius 2 is 1.54 bits per heavy atom. The molecular formula is C42H65Cl2NO7. The summed E-state index contributed by atoms with van der Waals surface area (Å²) in [5, 5.41) is 33.7. The van der Waals surface area contributed by atoms with Gasteiger partial charge < -0.3 is 29.7 Å². The third-order valence-corrected chi connectivity index (χ3v) is 15.3. The van der Waals surface area contributed by atoms with E-state index in [1.807, 2.05) is 19.0 Å². The second-order valence-corrected chi connectivity index (χ2v) is 19.4. The molecule has 4 saturated carbocycles. The molecule has 0 amide bonds. The fraction of sp³-hybridized carbons (Fsp3) is 0.762. The van der Waals surface area contributed by atoms with Crippen LogP contribution < -0.4 is 4.74 Å². The van der Waals surface area contributed by atoms with Crippen LogP contribution in [0.4, 0.5) is 0 Å². The highest BCUT2D eigenvalue weighted by Crippen LogP contribution is 2.75. The molecule has 3 N–H and O–H groups in total. The van der Waals surface area contributed by atoms with Gasteiger partial charge in [0.1, 0.15) is 17.8 Å². The quantitative estimate of drug-likeness (QED) is 0.187. The fourth-order valence-corrected chi connectivity index (χ4v) is 11.9. The van der Waals surface area contributed by atoms with E-state index < -0.39 is 17.5 Å². The Morgan fingerprint density at radius 3 is 2.15 bits per heavy atom. The molecule has 4 fully saturated rings. The predicted octanol–water partition coefficient (Wildman–Crippen LogP) is 8.45. The molecule has 0 radical (unpaired) electrons. The number of hydrogen-bond acceptors (Lipinski definition) is 7. The largest absolute Gasteiger partial charge is 0.482 e. The number of esters is 1. The highest BCUT2D eigenvalue weighted by atomic mass is 35.5. The minimum atomic E-state index is -1.04. The zero-order valence-electron chi connectivity index (χ0n) is 33.0. The van der Waals surface area contributed by atoms with Gasteiger partial charge in [0.15, 0.2) is 6.61 Å². The highest BCUT2D eigenvalue weighted by Gasteiger charge is 2.71. The van der Waals surface area contributed by atoms with Crippen LogP contribution >= 0.6 is 24.0 Å². The number of carboxylic acids is 1. The summed E-state index contributed by atoms with van der Waals surface area (Å²) in [6.07, 6.45) is 9.35. The van der Waals surface area contributed by atoms with Gasteiger partial charge in [0.05, 0.1) is 12.2 Å². The van der Waals surface area contributed by atoms with Crippen molar-refractivity contribution in [2.45, 2.75) is 118 Å². The maximum absolute atomic E-state index is 12.8. The monoisotopic (exact) mass is 765 g/mol. The van der Waals surface area contributed by atoms with Crippen molar-refractivity contribution in [1.82, 2.24) is 4.90 Å². The topological polar surface area (TPSA) is 117 Å². The average molecular weight is 767 g/mol. The number of allylic oxidation sites excluding steroid dienone is 2. The first kappa shape index (κ1) is 42.9.